The number of pyridine rings is 2. The summed E-state index contributed by atoms with van der Waals surface area (Å²) < 4.78 is 5.35. The van der Waals surface area contributed by atoms with Crippen molar-refractivity contribution in [2.45, 2.75) is 12.5 Å². The Hall–Kier alpha value is -1.94. The molecule has 18 heavy (non-hydrogen) atoms. The molecule has 0 aliphatic rings. The summed E-state index contributed by atoms with van der Waals surface area (Å²) in [6.45, 7) is 0. The summed E-state index contributed by atoms with van der Waals surface area (Å²) in [7, 11) is 3.62. The number of hydrogen-bond donors (Lipinski definition) is 1. The third-order valence-electron chi connectivity index (χ3n) is 2.95. The molecule has 2 aromatic rings. The number of rotatable bonds is 5. The minimum atomic E-state index is 0.199. The van der Waals surface area contributed by atoms with E-state index in [0.717, 1.165) is 17.7 Å². The number of hydrogen-bond acceptors (Lipinski definition) is 4. The van der Waals surface area contributed by atoms with Crippen LogP contribution < -0.4 is 10.1 Å². The van der Waals surface area contributed by atoms with Crippen LogP contribution >= 0.6 is 0 Å². The van der Waals surface area contributed by atoms with Gasteiger partial charge in [0.25, 0.3) is 0 Å². The van der Waals surface area contributed by atoms with Gasteiger partial charge in [-0.3, -0.25) is 9.97 Å². The molecule has 0 aromatic carbocycles. The third-order valence-corrected chi connectivity index (χ3v) is 2.95. The topological polar surface area (TPSA) is 47.0 Å². The van der Waals surface area contributed by atoms with Gasteiger partial charge in [-0.05, 0) is 37.2 Å². The van der Waals surface area contributed by atoms with Crippen LogP contribution in [0.4, 0.5) is 0 Å². The molecular weight excluding hydrogens is 226 g/mol. The van der Waals surface area contributed by atoms with E-state index in [9.17, 15) is 0 Å². The summed E-state index contributed by atoms with van der Waals surface area (Å²) in [5.74, 6) is 0.811. The van der Waals surface area contributed by atoms with E-state index < -0.39 is 0 Å². The maximum atomic E-state index is 5.35. The van der Waals surface area contributed by atoms with Gasteiger partial charge in [0.05, 0.1) is 13.3 Å². The van der Waals surface area contributed by atoms with Crippen molar-refractivity contribution in [1.82, 2.24) is 15.3 Å². The van der Waals surface area contributed by atoms with Gasteiger partial charge in [0.15, 0.2) is 0 Å². The highest BCUT2D eigenvalue weighted by atomic mass is 16.5. The van der Waals surface area contributed by atoms with Crippen molar-refractivity contribution >= 4 is 0 Å². The summed E-state index contributed by atoms with van der Waals surface area (Å²) in [5, 5.41) is 3.31. The average Bonchev–Trinajstić information content (AvgIpc) is 2.46. The second kappa shape index (κ2) is 6.12. The zero-order chi connectivity index (χ0) is 12.8. The monoisotopic (exact) mass is 243 g/mol. The summed E-state index contributed by atoms with van der Waals surface area (Å²) in [4.78, 5) is 8.11. The van der Waals surface area contributed by atoms with E-state index in [1.807, 2.05) is 37.6 Å². The second-order valence-electron chi connectivity index (χ2n) is 4.02. The summed E-state index contributed by atoms with van der Waals surface area (Å²) in [5.41, 5.74) is 2.36. The van der Waals surface area contributed by atoms with Crippen LogP contribution in [0.15, 0.2) is 43.0 Å². The van der Waals surface area contributed by atoms with Gasteiger partial charge in [0.2, 0.25) is 0 Å². The Bertz CT molecular complexity index is 487. The van der Waals surface area contributed by atoms with Crippen LogP contribution in [-0.2, 0) is 6.42 Å². The zero-order valence-corrected chi connectivity index (χ0v) is 10.6. The fourth-order valence-corrected chi connectivity index (χ4v) is 1.97. The number of methoxy groups -OCH3 is 1. The number of ether oxygens (including phenoxy) is 1. The molecule has 0 radical (unpaired) electrons. The van der Waals surface area contributed by atoms with Crippen LogP contribution in [0.5, 0.6) is 5.75 Å². The molecule has 0 spiro atoms. The molecule has 0 fully saturated rings. The fourth-order valence-electron chi connectivity index (χ4n) is 1.97. The Morgan fingerprint density at radius 2 is 1.89 bits per heavy atom. The molecule has 0 aliphatic heterocycles. The van der Waals surface area contributed by atoms with Crippen molar-refractivity contribution in [2.75, 3.05) is 14.2 Å². The minimum absolute atomic E-state index is 0.199. The molecule has 0 aliphatic carbocycles. The molecule has 0 saturated carbocycles. The fraction of sp³-hybridized carbons (Fsp3) is 0.286. The van der Waals surface area contributed by atoms with Gasteiger partial charge in [-0.2, -0.15) is 0 Å². The lowest BCUT2D eigenvalue weighted by atomic mass is 10.00. The highest BCUT2D eigenvalue weighted by Crippen LogP contribution is 2.26. The van der Waals surface area contributed by atoms with Gasteiger partial charge in [0.1, 0.15) is 5.75 Å². The number of likely N-dealkylation sites (N-methyl/N-ethyl adjacent to an activating group) is 1. The summed E-state index contributed by atoms with van der Waals surface area (Å²) in [6.07, 6.45) is 8.04. The van der Waals surface area contributed by atoms with Gasteiger partial charge in [-0.1, -0.05) is 0 Å². The highest BCUT2D eigenvalue weighted by Gasteiger charge is 2.14. The third kappa shape index (κ3) is 2.84. The molecule has 0 saturated heterocycles. The van der Waals surface area contributed by atoms with E-state index in [0.29, 0.717) is 0 Å². The summed E-state index contributed by atoms with van der Waals surface area (Å²) in [6, 6.07) is 6.24. The van der Waals surface area contributed by atoms with Gasteiger partial charge in [0, 0.05) is 30.2 Å². The number of aromatic nitrogens is 2. The SMILES string of the molecule is CNC(Cc1ccncc1)c1ccncc1OC. The molecule has 0 amide bonds. The van der Waals surface area contributed by atoms with E-state index in [-0.39, 0.29) is 6.04 Å². The van der Waals surface area contributed by atoms with E-state index in [4.69, 9.17) is 4.74 Å². The lowest BCUT2D eigenvalue weighted by Gasteiger charge is -2.19. The molecule has 2 rings (SSSR count). The van der Waals surface area contributed by atoms with Crippen molar-refractivity contribution in [1.29, 1.82) is 0 Å². The average molecular weight is 243 g/mol. The van der Waals surface area contributed by atoms with Crippen molar-refractivity contribution in [3.8, 4) is 5.75 Å². The lowest BCUT2D eigenvalue weighted by molar-refractivity contribution is 0.399. The summed E-state index contributed by atoms with van der Waals surface area (Å²) >= 11 is 0. The first-order valence-electron chi connectivity index (χ1n) is 5.89. The van der Waals surface area contributed by atoms with Crippen molar-refractivity contribution in [3.05, 3.63) is 54.1 Å². The van der Waals surface area contributed by atoms with E-state index >= 15 is 0 Å². The maximum absolute atomic E-state index is 5.35. The minimum Gasteiger partial charge on any atom is -0.495 e. The Kier molecular flexibility index (Phi) is 4.25. The number of nitrogens with one attached hydrogen (secondary N) is 1. The first-order chi connectivity index (χ1) is 8.85. The molecule has 4 nitrogen and oxygen atoms in total. The van der Waals surface area contributed by atoms with Crippen molar-refractivity contribution in [2.24, 2.45) is 0 Å². The first-order valence-corrected chi connectivity index (χ1v) is 5.89. The van der Waals surface area contributed by atoms with Gasteiger partial charge in [-0.25, -0.2) is 0 Å². The van der Waals surface area contributed by atoms with Crippen LogP contribution in [0, 0.1) is 0 Å². The second-order valence-corrected chi connectivity index (χ2v) is 4.02. The Morgan fingerprint density at radius 1 is 1.17 bits per heavy atom. The molecular formula is C14H17N3O. The van der Waals surface area contributed by atoms with E-state index in [1.54, 1.807) is 19.5 Å². The van der Waals surface area contributed by atoms with Crippen LogP contribution in [0.1, 0.15) is 17.2 Å². The quantitative estimate of drug-likeness (QED) is 0.872. The smallest absolute Gasteiger partial charge is 0.141 e. The molecule has 2 aromatic heterocycles. The Labute approximate surface area is 107 Å². The predicted octanol–water partition coefficient (Wildman–Crippen LogP) is 1.99. The van der Waals surface area contributed by atoms with Gasteiger partial charge >= 0.3 is 0 Å². The van der Waals surface area contributed by atoms with Crippen LogP contribution in [0.25, 0.3) is 0 Å². The largest absolute Gasteiger partial charge is 0.495 e. The number of nitrogens with zero attached hydrogens (tertiary/aromatic N) is 2. The molecule has 0 bridgehead atoms. The Balaban J connectivity index is 2.23. The molecule has 94 valence electrons. The maximum Gasteiger partial charge on any atom is 0.141 e. The van der Waals surface area contributed by atoms with Crippen molar-refractivity contribution < 1.29 is 4.74 Å². The molecule has 1 atom stereocenters. The normalized spacial score (nSPS) is 12.1. The van der Waals surface area contributed by atoms with Gasteiger partial charge in [-0.15, -0.1) is 0 Å². The Morgan fingerprint density at radius 3 is 2.56 bits per heavy atom. The highest BCUT2D eigenvalue weighted by molar-refractivity contribution is 5.34. The zero-order valence-electron chi connectivity index (χ0n) is 10.6. The van der Waals surface area contributed by atoms with Crippen LogP contribution in [0.2, 0.25) is 0 Å². The van der Waals surface area contributed by atoms with E-state index in [1.165, 1.54) is 5.56 Å². The van der Waals surface area contributed by atoms with E-state index in [2.05, 4.69) is 15.3 Å². The molecule has 2 heterocycles. The van der Waals surface area contributed by atoms with Gasteiger partial charge < -0.3 is 10.1 Å². The standard InChI is InChI=1S/C14H17N3O/c1-15-13(9-11-3-6-16-7-4-11)12-5-8-17-10-14(12)18-2/h3-8,10,13,15H,9H2,1-2H3. The molecule has 1 unspecified atom stereocenters. The molecule has 1 N–H and O–H groups in total. The molecule has 4 heteroatoms. The lowest BCUT2D eigenvalue weighted by Crippen LogP contribution is -2.19. The van der Waals surface area contributed by atoms with Crippen LogP contribution in [-0.4, -0.2) is 24.1 Å². The van der Waals surface area contributed by atoms with Crippen LogP contribution in [0.3, 0.4) is 0 Å². The first kappa shape index (κ1) is 12.5. The predicted molar refractivity (Wildman–Crippen MR) is 70.5 cm³/mol. The van der Waals surface area contributed by atoms with Crippen molar-refractivity contribution in [3.63, 3.8) is 0 Å².